The van der Waals surface area contributed by atoms with Crippen molar-refractivity contribution in [2.24, 2.45) is 25.0 Å². The van der Waals surface area contributed by atoms with Gasteiger partial charge in [0.15, 0.2) is 11.7 Å². The fraction of sp³-hybridized carbons (Fsp3) is 0.125. The molecule has 0 radical (unpaired) electrons. The Hall–Kier alpha value is -11.0. The van der Waals surface area contributed by atoms with Crippen LogP contribution in [0.2, 0.25) is 0 Å². The molecule has 2 aromatic heterocycles. The summed E-state index contributed by atoms with van der Waals surface area (Å²) in [5.74, 6) is -6.20. The van der Waals surface area contributed by atoms with Gasteiger partial charge in [0, 0.05) is 44.5 Å². The molecule has 0 saturated heterocycles. The van der Waals surface area contributed by atoms with Crippen LogP contribution in [0.5, 0.6) is 0 Å². The molecule has 0 amide bonds. The van der Waals surface area contributed by atoms with Crippen molar-refractivity contribution in [2.45, 2.75) is 55.6 Å². The van der Waals surface area contributed by atoms with Crippen LogP contribution in [-0.4, -0.2) is 54.9 Å². The number of fused-ring (bicyclic) bond motifs is 1. The predicted octanol–water partition coefficient (Wildman–Crippen LogP) is 20.3. The molecule has 15 rings (SSSR count). The molecule has 0 spiro atoms. The molecule has 5 aliphatic heterocycles. The van der Waals surface area contributed by atoms with Crippen molar-refractivity contribution < 1.29 is 111 Å². The Labute approximate surface area is 582 Å². The van der Waals surface area contributed by atoms with Crippen molar-refractivity contribution in [1.29, 1.82) is 0 Å². The zero-order valence-corrected chi connectivity index (χ0v) is 53.4. The van der Waals surface area contributed by atoms with Crippen LogP contribution in [0.25, 0.3) is 66.8 Å². The molecule has 1 atom stereocenters. The molecule has 7 heterocycles. The minimum Gasteiger partial charge on any atom is -0.412 e. The normalized spacial score (nSPS) is 16.5. The number of benzene rings is 8. The van der Waals surface area contributed by atoms with Crippen LogP contribution in [0, 0.1) is 0 Å². The molecule has 0 aliphatic carbocycles. The molecule has 0 fully saturated rings. The first-order valence-electron chi connectivity index (χ1n) is 30.6. The van der Waals surface area contributed by atoms with E-state index < -0.39 is 244 Å². The van der Waals surface area contributed by atoms with Gasteiger partial charge >= 0.3 is 64.2 Å². The lowest BCUT2D eigenvalue weighted by molar-refractivity contribution is -0.138. The number of aliphatic imine (C=N–C) groups is 3. The summed E-state index contributed by atoms with van der Waals surface area (Å²) in [6.07, 6.45) is -47.5. The average molecular weight is 1510 g/mol. The van der Waals surface area contributed by atoms with Crippen molar-refractivity contribution in [3.8, 4) is 44.5 Å². The third-order valence-corrected chi connectivity index (χ3v) is 21.0. The first-order valence-corrected chi connectivity index (χ1v) is 32.2. The third-order valence-electron chi connectivity index (χ3n) is 18.1. The summed E-state index contributed by atoms with van der Waals surface area (Å²) in [5.41, 5.74) is -35.3. The SMILES string of the molecule is FC(F)(F)c1ccccc1C1=C(c2ccccc2C(F)(F)F)/C2=N/c3c(-c4ccccc4C(F)(F)F)c(-c4ccccc4C(F)(F)F)c4[n]3[Al]3[N]5C(=N4)C(c4ccccc4C(F)(F)F)=C(c4ccccc4C(F)(F)F)C5N=c4c(-c5ccccc5C(F)(F)F)c(-c5ccccc5C(F)(F)F)c([n]43)=NC1=N2.O. The van der Waals surface area contributed by atoms with E-state index in [0.717, 1.165) is 101 Å². The fourth-order valence-electron chi connectivity index (χ4n) is 14.2. The molecule has 2 N–H and O–H groups in total. The Kier molecular flexibility index (Phi) is 16.7. The van der Waals surface area contributed by atoms with E-state index in [0.29, 0.717) is 104 Å². The maximum absolute atomic E-state index is 16.3. The number of rotatable bonds is 8. The van der Waals surface area contributed by atoms with Crippen molar-refractivity contribution in [3.63, 3.8) is 0 Å². The van der Waals surface area contributed by atoms with Gasteiger partial charge in [0.05, 0.1) is 44.5 Å². The van der Waals surface area contributed by atoms with Gasteiger partial charge in [-0.2, -0.15) is 105 Å². The first-order chi connectivity index (χ1) is 49.3. The highest BCUT2D eigenvalue weighted by Crippen LogP contribution is 2.60. The van der Waals surface area contributed by atoms with Gasteiger partial charge in [-0.1, -0.05) is 146 Å². The van der Waals surface area contributed by atoms with E-state index in [-0.39, 0.29) is 5.48 Å². The fourth-order valence-corrected chi connectivity index (χ4v) is 17.4. The minimum atomic E-state index is -5.66. The zero-order valence-electron chi connectivity index (χ0n) is 52.3. The molecular weight excluding hydrogens is 1480 g/mol. The van der Waals surface area contributed by atoms with Gasteiger partial charge in [0.25, 0.3) is 0 Å². The summed E-state index contributed by atoms with van der Waals surface area (Å²) in [6.45, 7) is 0. The standard InChI is InChI=1S/C72H33F24N8.Al.H2O/c73-65(74,75)41-25-9-1-17-33(41)49-50(34-18-2-10-26-42(34)66(76,77)78)58-97-57(49)101-59-51(35-19-3-11-27-43(35)67(79,80)81)52(36-20-4-12-28-44(36)68(82,83)84)61(98-59)103-63-55(39-23-7-15-31-47(39)71(91,92)93)56(40-24-8-16-32-48(40)72(94,95)96)64(100-63)104-62-54(38-22-6-14-30-46(38)70(88,89)90)53(60(99-62)102-58)37-21-5-13-29-45(37)69(85,86)87;;/h1-32,57H;;1H2/q-3;+3;. The van der Waals surface area contributed by atoms with E-state index in [1.807, 2.05) is 0 Å². The van der Waals surface area contributed by atoms with Crippen LogP contribution in [-0.2, 0) is 49.4 Å². The van der Waals surface area contributed by atoms with Gasteiger partial charge in [-0.3, -0.25) is 0 Å². The van der Waals surface area contributed by atoms with Crippen molar-refractivity contribution in [1.82, 2.24) is 11.0 Å². The van der Waals surface area contributed by atoms with Crippen molar-refractivity contribution in [2.75, 3.05) is 0 Å². The minimum absolute atomic E-state index is 0. The van der Waals surface area contributed by atoms with Crippen LogP contribution in [0.3, 0.4) is 0 Å². The number of hydrogen-bond acceptors (Lipinski definition) is 6. The molecule has 5 aliphatic rings. The number of amidine groups is 3. The summed E-state index contributed by atoms with van der Waals surface area (Å²) >= 11 is -5.47. The van der Waals surface area contributed by atoms with Gasteiger partial charge in [0.1, 0.15) is 34.6 Å². The molecule has 8 aromatic carbocycles. The third kappa shape index (κ3) is 11.6. The van der Waals surface area contributed by atoms with Gasteiger partial charge in [-0.05, 0) is 93.0 Å². The summed E-state index contributed by atoms with van der Waals surface area (Å²) in [6, 6.07) is 22.3. The van der Waals surface area contributed by atoms with Gasteiger partial charge in [0.2, 0.25) is 0 Å². The second-order valence-electron chi connectivity index (χ2n) is 24.1. The molecule has 0 saturated carbocycles. The number of hydrogen-bond donors (Lipinski definition) is 0. The second-order valence-corrected chi connectivity index (χ2v) is 26.4. The molecule has 1 unspecified atom stereocenters. The molecule has 2 bridgehead atoms. The second kappa shape index (κ2) is 24.6. The van der Waals surface area contributed by atoms with Gasteiger partial charge < -0.3 is 16.5 Å². The Bertz CT molecular complexity index is 5660. The number of nitrogens with zero attached hydrogens (tertiary/aromatic N) is 8. The molecule has 34 heteroatoms. The van der Waals surface area contributed by atoms with E-state index in [1.165, 1.54) is 0 Å². The lowest BCUT2D eigenvalue weighted by Crippen LogP contribution is -2.64. The lowest BCUT2D eigenvalue weighted by Gasteiger charge is -2.38. The summed E-state index contributed by atoms with van der Waals surface area (Å²) in [5, 5.41) is 0. The van der Waals surface area contributed by atoms with Crippen molar-refractivity contribution in [3.05, 3.63) is 272 Å². The van der Waals surface area contributed by atoms with E-state index in [4.69, 9.17) is 20.0 Å². The summed E-state index contributed by atoms with van der Waals surface area (Å²) in [7, 11) is 0. The van der Waals surface area contributed by atoms with Crippen LogP contribution in [0.4, 0.5) is 117 Å². The Morgan fingerprint density at radius 3 is 0.877 bits per heavy atom. The predicted molar refractivity (Wildman–Crippen MR) is 340 cm³/mol. The molecule has 540 valence electrons. The quantitative estimate of drug-likeness (QED) is 0.110. The Morgan fingerprint density at radius 2 is 0.528 bits per heavy atom. The van der Waals surface area contributed by atoms with E-state index in [2.05, 4.69) is 4.99 Å². The molecule has 9 nitrogen and oxygen atoms in total. The average Bonchev–Trinajstić information content (AvgIpc) is 1.49. The lowest BCUT2D eigenvalue weighted by atomic mass is 9.89. The Morgan fingerprint density at radius 1 is 0.264 bits per heavy atom. The Balaban J connectivity index is 0.00000944. The molecular formula is C72H35AlF24N8O. The summed E-state index contributed by atoms with van der Waals surface area (Å²) < 4.78 is 389. The first kappa shape index (κ1) is 72.0. The van der Waals surface area contributed by atoms with E-state index in [1.54, 1.807) is 0 Å². The van der Waals surface area contributed by atoms with Gasteiger partial charge in [-0.15, -0.1) is 0 Å². The van der Waals surface area contributed by atoms with Crippen LogP contribution >= 0.6 is 0 Å². The van der Waals surface area contributed by atoms with E-state index >= 15 is 105 Å². The van der Waals surface area contributed by atoms with Crippen molar-refractivity contribution >= 4 is 66.2 Å². The van der Waals surface area contributed by atoms with Crippen LogP contribution in [0.1, 0.15) is 66.8 Å². The van der Waals surface area contributed by atoms with Gasteiger partial charge in [-0.25, -0.2) is 25.0 Å². The molecule has 10 aromatic rings. The topological polar surface area (TPSA) is 106 Å². The number of aromatic nitrogens is 2. The number of alkyl halides is 24. The highest BCUT2D eigenvalue weighted by Gasteiger charge is 2.61. The smallest absolute Gasteiger partial charge is 0.412 e. The van der Waals surface area contributed by atoms with E-state index in [9.17, 15) is 0 Å². The van der Waals surface area contributed by atoms with Crippen LogP contribution in [0.15, 0.2) is 219 Å². The highest BCUT2D eigenvalue weighted by atomic mass is 27.2. The highest BCUT2D eigenvalue weighted by molar-refractivity contribution is 6.63. The zero-order chi connectivity index (χ0) is 74.9. The summed E-state index contributed by atoms with van der Waals surface area (Å²) in [4.78, 5) is 23.5. The largest absolute Gasteiger partial charge is 0.759 e. The maximum atomic E-state index is 16.3. The molecule has 106 heavy (non-hydrogen) atoms. The van der Waals surface area contributed by atoms with Crippen LogP contribution < -0.4 is 11.0 Å². The maximum Gasteiger partial charge on any atom is 0.759 e. The monoisotopic (exact) mass is 1510 g/mol. The number of halogens is 24.